The molecule has 5 atom stereocenters. The molecule has 1 spiro atoms. The second-order valence-electron chi connectivity index (χ2n) is 11.0. The molecule has 6 rings (SSSR count). The predicted molar refractivity (Wildman–Crippen MR) is 117 cm³/mol. The number of piperidine rings is 1. The van der Waals surface area contributed by atoms with Gasteiger partial charge in [0.25, 0.3) is 0 Å². The Balaban J connectivity index is 1.27. The van der Waals surface area contributed by atoms with Gasteiger partial charge in [0.2, 0.25) is 6.73 Å². The second-order valence-corrected chi connectivity index (χ2v) is 11.0. The summed E-state index contributed by atoms with van der Waals surface area (Å²) < 4.78 is 18.4. The first-order chi connectivity index (χ1) is 15.4. The van der Waals surface area contributed by atoms with Gasteiger partial charge < -0.3 is 14.2 Å². The molecule has 2 saturated carbocycles. The van der Waals surface area contributed by atoms with Crippen LogP contribution in [0.3, 0.4) is 0 Å². The number of ketones is 1. The van der Waals surface area contributed by atoms with Crippen molar-refractivity contribution in [3.05, 3.63) is 28.8 Å². The highest BCUT2D eigenvalue weighted by Crippen LogP contribution is 2.63. The van der Waals surface area contributed by atoms with Crippen molar-refractivity contribution in [3.63, 3.8) is 0 Å². The van der Waals surface area contributed by atoms with Crippen molar-refractivity contribution in [3.8, 4) is 5.75 Å². The zero-order chi connectivity index (χ0) is 22.1. The van der Waals surface area contributed by atoms with E-state index in [0.29, 0.717) is 29.6 Å². The number of aryl methyl sites for hydroxylation is 1. The van der Waals surface area contributed by atoms with E-state index in [1.54, 1.807) is 0 Å². The van der Waals surface area contributed by atoms with Crippen molar-refractivity contribution in [2.45, 2.75) is 88.4 Å². The van der Waals surface area contributed by atoms with Crippen molar-refractivity contribution in [2.75, 3.05) is 20.3 Å². The standard InChI is InChI=1S/C26H34NO5/c1-16-8-9-17-14-20-19-10-11-21(28)24-26(19,22(17)23(16)32-24)12-13-27(20,2)15-30-25(29)31-18-6-4-3-5-7-18/h8-9,18-20,24H,3-7,10-15H2,1-2H3/q+1/t19-,20?,24-,26-,27+/m0/s1. The van der Waals surface area contributed by atoms with Gasteiger partial charge in [-0.2, -0.15) is 0 Å². The SMILES string of the molecule is Cc1ccc2c3c1O[C@H]1C(=O)CC[C@H]4C(C2)[N@@+](C)(COC(=O)OC2CCCCC2)CC[C@]314. The Morgan fingerprint density at radius 2 is 2.03 bits per heavy atom. The maximum absolute atomic E-state index is 13.0. The summed E-state index contributed by atoms with van der Waals surface area (Å²) in [5.41, 5.74) is 3.57. The van der Waals surface area contributed by atoms with Crippen LogP contribution >= 0.6 is 0 Å². The van der Waals surface area contributed by atoms with Crippen LogP contribution < -0.4 is 4.74 Å². The molecule has 2 aliphatic heterocycles. The summed E-state index contributed by atoms with van der Waals surface area (Å²) in [5, 5.41) is 0. The number of ether oxygens (including phenoxy) is 3. The van der Waals surface area contributed by atoms with Gasteiger partial charge in [-0.25, -0.2) is 4.79 Å². The first kappa shape index (κ1) is 20.5. The third-order valence-electron chi connectivity index (χ3n) is 9.29. The first-order valence-corrected chi connectivity index (χ1v) is 12.4. The third-order valence-corrected chi connectivity index (χ3v) is 9.29. The maximum Gasteiger partial charge on any atom is 0.512 e. The van der Waals surface area contributed by atoms with Gasteiger partial charge in [0.1, 0.15) is 11.9 Å². The molecule has 1 aromatic rings. The Hall–Kier alpha value is -2.08. The van der Waals surface area contributed by atoms with E-state index in [1.807, 2.05) is 0 Å². The van der Waals surface area contributed by atoms with Crippen molar-refractivity contribution in [2.24, 2.45) is 5.92 Å². The molecule has 3 fully saturated rings. The number of hydrogen-bond donors (Lipinski definition) is 0. The number of nitrogens with zero attached hydrogens (tertiary/aromatic N) is 1. The number of likely N-dealkylation sites (tertiary alicyclic amines) is 1. The lowest BCUT2D eigenvalue weighted by Gasteiger charge is -2.59. The minimum atomic E-state index is -0.522. The van der Waals surface area contributed by atoms with Gasteiger partial charge in [0.15, 0.2) is 11.9 Å². The van der Waals surface area contributed by atoms with E-state index in [0.717, 1.165) is 62.8 Å². The average molecular weight is 441 g/mol. The Morgan fingerprint density at radius 3 is 2.84 bits per heavy atom. The van der Waals surface area contributed by atoms with Gasteiger partial charge in [0.05, 0.1) is 25.0 Å². The van der Waals surface area contributed by atoms with Crippen molar-refractivity contribution in [1.82, 2.24) is 0 Å². The molecule has 1 aromatic carbocycles. The molecular weight excluding hydrogens is 406 g/mol. The number of Topliss-reactive ketones (excluding diaryl/α,β-unsaturated/α-hetero) is 1. The van der Waals surface area contributed by atoms with Crippen LogP contribution in [0.2, 0.25) is 0 Å². The van der Waals surface area contributed by atoms with E-state index in [1.165, 1.54) is 17.5 Å². The Morgan fingerprint density at radius 1 is 1.22 bits per heavy atom. The fourth-order valence-corrected chi connectivity index (χ4v) is 7.65. The highest BCUT2D eigenvalue weighted by atomic mass is 16.7. The van der Waals surface area contributed by atoms with Crippen molar-refractivity contribution in [1.29, 1.82) is 0 Å². The molecule has 32 heavy (non-hydrogen) atoms. The van der Waals surface area contributed by atoms with E-state index in [9.17, 15) is 9.59 Å². The van der Waals surface area contributed by atoms with Gasteiger partial charge in [0, 0.05) is 30.7 Å². The highest BCUT2D eigenvalue weighted by molar-refractivity contribution is 5.88. The second kappa shape index (κ2) is 7.21. The molecule has 5 aliphatic rings. The number of carbonyl (C=O) groups excluding carboxylic acids is 2. The lowest BCUT2D eigenvalue weighted by atomic mass is 9.51. The van der Waals surface area contributed by atoms with Crippen LogP contribution in [-0.4, -0.2) is 55.0 Å². The zero-order valence-electron chi connectivity index (χ0n) is 19.2. The molecule has 6 heteroatoms. The lowest BCUT2D eigenvalue weighted by molar-refractivity contribution is -0.959. The summed E-state index contributed by atoms with van der Waals surface area (Å²) in [4.78, 5) is 25.5. The fourth-order valence-electron chi connectivity index (χ4n) is 7.65. The molecule has 2 bridgehead atoms. The van der Waals surface area contributed by atoms with Crippen LogP contribution in [0.25, 0.3) is 0 Å². The Labute approximate surface area is 189 Å². The fraction of sp³-hybridized carbons (Fsp3) is 0.692. The average Bonchev–Trinajstić information content (AvgIpc) is 3.15. The van der Waals surface area contributed by atoms with Crippen molar-refractivity contribution >= 4 is 11.9 Å². The predicted octanol–water partition coefficient (Wildman–Crippen LogP) is 4.19. The topological polar surface area (TPSA) is 61.8 Å². The number of likely N-dealkylation sites (N-methyl/N-ethyl adjacent to an activating group) is 1. The third kappa shape index (κ3) is 2.81. The molecule has 0 radical (unpaired) electrons. The van der Waals surface area contributed by atoms with E-state index >= 15 is 0 Å². The number of rotatable bonds is 3. The Kier molecular flexibility index (Phi) is 4.62. The molecule has 1 saturated heterocycles. The summed E-state index contributed by atoms with van der Waals surface area (Å²) in [5.74, 6) is 1.60. The van der Waals surface area contributed by atoms with Crippen LogP contribution in [-0.2, 0) is 26.1 Å². The Bertz CT molecular complexity index is 969. The summed E-state index contributed by atoms with van der Waals surface area (Å²) in [6.07, 6.45) is 7.84. The summed E-state index contributed by atoms with van der Waals surface area (Å²) in [6.45, 7) is 3.29. The molecule has 1 unspecified atom stereocenters. The van der Waals surface area contributed by atoms with E-state index in [4.69, 9.17) is 14.2 Å². The van der Waals surface area contributed by atoms with Crippen LogP contribution in [0.15, 0.2) is 12.1 Å². The quantitative estimate of drug-likeness (QED) is 0.521. The molecule has 0 N–H and O–H groups in total. The number of hydrogen-bond acceptors (Lipinski definition) is 5. The molecular formula is C26H34NO5+. The molecule has 2 heterocycles. The molecule has 0 aromatic heterocycles. The van der Waals surface area contributed by atoms with E-state index in [-0.39, 0.29) is 23.4 Å². The molecule has 3 aliphatic carbocycles. The molecule has 172 valence electrons. The number of quaternary nitrogens is 1. The summed E-state index contributed by atoms with van der Waals surface area (Å²) >= 11 is 0. The monoisotopic (exact) mass is 440 g/mol. The minimum absolute atomic E-state index is 0.00940. The largest absolute Gasteiger partial charge is 0.512 e. The first-order valence-electron chi connectivity index (χ1n) is 12.4. The van der Waals surface area contributed by atoms with Crippen LogP contribution in [0.1, 0.15) is 68.1 Å². The van der Waals surface area contributed by atoms with Gasteiger partial charge in [-0.05, 0) is 50.2 Å². The van der Waals surface area contributed by atoms with Crippen LogP contribution in [0.4, 0.5) is 4.79 Å². The highest BCUT2D eigenvalue weighted by Gasteiger charge is 2.69. The summed E-state index contributed by atoms with van der Waals surface area (Å²) in [6, 6.07) is 4.68. The van der Waals surface area contributed by atoms with Gasteiger partial charge in [-0.1, -0.05) is 18.6 Å². The van der Waals surface area contributed by atoms with Crippen LogP contribution in [0.5, 0.6) is 5.75 Å². The van der Waals surface area contributed by atoms with Gasteiger partial charge in [-0.15, -0.1) is 0 Å². The molecule has 0 amide bonds. The maximum atomic E-state index is 13.0. The van der Waals surface area contributed by atoms with Gasteiger partial charge >= 0.3 is 6.16 Å². The van der Waals surface area contributed by atoms with Gasteiger partial charge in [-0.3, -0.25) is 9.28 Å². The summed E-state index contributed by atoms with van der Waals surface area (Å²) in [7, 11) is 2.22. The van der Waals surface area contributed by atoms with E-state index in [2.05, 4.69) is 26.1 Å². The van der Waals surface area contributed by atoms with Crippen LogP contribution in [0, 0.1) is 12.8 Å². The smallest absolute Gasteiger partial charge is 0.481 e. The minimum Gasteiger partial charge on any atom is -0.481 e. The zero-order valence-corrected chi connectivity index (χ0v) is 19.2. The number of carbonyl (C=O) groups is 2. The molecule has 6 nitrogen and oxygen atoms in total. The lowest BCUT2D eigenvalue weighted by Crippen LogP contribution is -2.72. The van der Waals surface area contributed by atoms with Crippen molar-refractivity contribution < 1.29 is 28.3 Å². The van der Waals surface area contributed by atoms with E-state index < -0.39 is 6.16 Å². The normalized spacial score (nSPS) is 37.4. The number of benzene rings is 1.